The van der Waals surface area contributed by atoms with E-state index in [1.54, 1.807) is 6.20 Å². The molecule has 1 heterocycles. The minimum absolute atomic E-state index is 0. The van der Waals surface area contributed by atoms with Crippen LogP contribution in [0.5, 0.6) is 0 Å². The van der Waals surface area contributed by atoms with Crippen LogP contribution in [0.2, 0.25) is 0 Å². The second kappa shape index (κ2) is 6.88. The van der Waals surface area contributed by atoms with Crippen LogP contribution in [0.1, 0.15) is 33.5 Å². The van der Waals surface area contributed by atoms with Crippen molar-refractivity contribution in [1.29, 1.82) is 0 Å². The van der Waals surface area contributed by atoms with Crippen molar-refractivity contribution in [1.82, 2.24) is 4.98 Å². The number of carbonyl (C=O) groups excluding carboxylic acids is 1. The van der Waals surface area contributed by atoms with Crippen molar-refractivity contribution < 1.29 is 7.65 Å². The topological polar surface area (TPSA) is 54.0 Å². The Morgan fingerprint density at radius 1 is 1.14 bits per heavy atom. The van der Waals surface area contributed by atoms with Crippen molar-refractivity contribution >= 4 is 17.4 Å². The molecule has 0 aliphatic carbocycles. The van der Waals surface area contributed by atoms with Crippen molar-refractivity contribution in [2.45, 2.75) is 33.6 Å². The van der Waals surface area contributed by atoms with E-state index in [9.17, 15) is 4.79 Å². The lowest BCUT2D eigenvalue weighted by Gasteiger charge is -2.14. The van der Waals surface area contributed by atoms with Gasteiger partial charge < -0.3 is 10.6 Å². The van der Waals surface area contributed by atoms with Gasteiger partial charge in [-0.1, -0.05) is 26.0 Å². The monoisotopic (exact) mass is 287 g/mol. The fourth-order valence-corrected chi connectivity index (χ4v) is 2.33. The predicted octanol–water partition coefficient (Wildman–Crippen LogP) is 4.65. The average Bonchev–Trinajstić information content (AvgIpc) is 2.49. The number of aromatic nitrogens is 1. The summed E-state index contributed by atoms with van der Waals surface area (Å²) in [4.78, 5) is 16.2. The molecule has 21 heavy (non-hydrogen) atoms. The zero-order valence-corrected chi connectivity index (χ0v) is 12.7. The van der Waals surface area contributed by atoms with E-state index in [2.05, 4.69) is 35.5 Å². The third-order valence-electron chi connectivity index (χ3n) is 3.42. The fourth-order valence-electron chi connectivity index (χ4n) is 2.33. The summed E-state index contributed by atoms with van der Waals surface area (Å²) in [5, 5.41) is 5.72. The third-order valence-corrected chi connectivity index (χ3v) is 3.42. The maximum absolute atomic E-state index is 12.1. The van der Waals surface area contributed by atoms with Crippen LogP contribution >= 0.6 is 0 Å². The number of carbonyl (C=O) groups is 1. The molecule has 0 saturated carbocycles. The first-order chi connectivity index (χ1) is 10.1. The Labute approximate surface area is 128 Å². The molecule has 0 bridgehead atoms. The van der Waals surface area contributed by atoms with Crippen molar-refractivity contribution in [3.8, 4) is 0 Å². The van der Waals surface area contributed by atoms with E-state index in [4.69, 9.17) is 0 Å². The first-order valence-corrected chi connectivity index (χ1v) is 7.25. The molecule has 0 saturated heterocycles. The van der Waals surface area contributed by atoms with E-state index in [0.29, 0.717) is 5.69 Å². The highest BCUT2D eigenvalue weighted by Crippen LogP contribution is 2.21. The number of hydrogen-bond donors (Lipinski definition) is 2. The Bertz CT molecular complexity index is 630. The average molecular weight is 287 g/mol. The highest BCUT2D eigenvalue weighted by molar-refractivity contribution is 6.00. The van der Waals surface area contributed by atoms with Gasteiger partial charge in [-0.3, -0.25) is 4.98 Å². The quantitative estimate of drug-likeness (QED) is 0.860. The van der Waals surface area contributed by atoms with Crippen LogP contribution in [0.25, 0.3) is 0 Å². The molecule has 0 atom stereocenters. The minimum Gasteiger partial charge on any atom is -0.307 e. The summed E-state index contributed by atoms with van der Waals surface area (Å²) in [5.41, 5.74) is 4.94. The van der Waals surface area contributed by atoms with Crippen molar-refractivity contribution in [3.05, 3.63) is 53.3 Å². The summed E-state index contributed by atoms with van der Waals surface area (Å²) >= 11 is 0. The van der Waals surface area contributed by atoms with Gasteiger partial charge in [-0.2, -0.15) is 0 Å². The molecule has 2 rings (SSSR count). The Morgan fingerprint density at radius 2 is 1.95 bits per heavy atom. The summed E-state index contributed by atoms with van der Waals surface area (Å²) < 4.78 is 0. The Balaban J connectivity index is 0.00000242. The van der Waals surface area contributed by atoms with Gasteiger partial charge in [0.05, 0.1) is 11.9 Å². The zero-order chi connectivity index (χ0) is 15.2. The predicted molar refractivity (Wildman–Crippen MR) is 91.0 cm³/mol. The molecule has 114 valence electrons. The van der Waals surface area contributed by atoms with Crippen LogP contribution in [0.3, 0.4) is 0 Å². The molecule has 0 aliphatic heterocycles. The molecule has 1 aromatic carbocycles. The molecule has 2 N–H and O–H groups in total. The summed E-state index contributed by atoms with van der Waals surface area (Å²) in [6.07, 6.45) is 3.51. The number of aryl methyl sites for hydroxylation is 2. The number of amides is 2. The van der Waals surface area contributed by atoms with E-state index >= 15 is 0 Å². The van der Waals surface area contributed by atoms with Gasteiger partial charge in [0.25, 0.3) is 0 Å². The molecule has 0 fully saturated rings. The lowest BCUT2D eigenvalue weighted by Crippen LogP contribution is -2.20. The van der Waals surface area contributed by atoms with E-state index in [1.807, 2.05) is 31.2 Å². The number of nitrogens with one attached hydrogen (secondary N) is 2. The van der Waals surface area contributed by atoms with Crippen LogP contribution in [-0.4, -0.2) is 11.0 Å². The molecule has 2 aromatic rings. The third kappa shape index (κ3) is 3.81. The van der Waals surface area contributed by atoms with Crippen LogP contribution in [0.4, 0.5) is 16.2 Å². The number of benzene rings is 1. The second-order valence-electron chi connectivity index (χ2n) is 4.92. The van der Waals surface area contributed by atoms with Crippen LogP contribution in [-0.2, 0) is 12.8 Å². The number of rotatable bonds is 4. The van der Waals surface area contributed by atoms with Gasteiger partial charge >= 0.3 is 6.03 Å². The number of anilines is 2. The molecular formula is C17H25N3O. The molecular weight excluding hydrogens is 262 g/mol. The van der Waals surface area contributed by atoms with E-state index < -0.39 is 0 Å². The molecule has 0 aliphatic rings. The molecule has 0 spiro atoms. The number of pyridine rings is 1. The van der Waals surface area contributed by atoms with Gasteiger partial charge in [0, 0.05) is 14.2 Å². The van der Waals surface area contributed by atoms with Crippen LogP contribution in [0, 0.1) is 6.92 Å². The van der Waals surface area contributed by atoms with Crippen molar-refractivity contribution in [3.63, 3.8) is 0 Å². The second-order valence-corrected chi connectivity index (χ2v) is 4.92. The Hall–Kier alpha value is -2.36. The SMILES string of the molecule is CCc1cccc(NC(=O)Nc2ccc(C)nc2)c1CC.[HH].[HH]. The summed E-state index contributed by atoms with van der Waals surface area (Å²) in [7, 11) is 0. The summed E-state index contributed by atoms with van der Waals surface area (Å²) in [6, 6.07) is 9.47. The largest absolute Gasteiger partial charge is 0.323 e. The maximum atomic E-state index is 12.1. The van der Waals surface area contributed by atoms with Gasteiger partial charge in [0.2, 0.25) is 0 Å². The molecule has 0 radical (unpaired) electrons. The first kappa shape index (κ1) is 15.0. The smallest absolute Gasteiger partial charge is 0.307 e. The summed E-state index contributed by atoms with van der Waals surface area (Å²) in [6.45, 7) is 6.13. The van der Waals surface area contributed by atoms with E-state index in [0.717, 1.165) is 24.2 Å². The normalized spacial score (nSPS) is 10.2. The fraction of sp³-hybridized carbons (Fsp3) is 0.294. The number of nitrogens with zero attached hydrogens (tertiary/aromatic N) is 1. The first-order valence-electron chi connectivity index (χ1n) is 7.25. The van der Waals surface area contributed by atoms with Gasteiger partial charge in [-0.25, -0.2) is 4.79 Å². The van der Waals surface area contributed by atoms with E-state index in [1.165, 1.54) is 11.1 Å². The van der Waals surface area contributed by atoms with Gasteiger partial charge in [0.1, 0.15) is 0 Å². The lowest BCUT2D eigenvalue weighted by molar-refractivity contribution is 0.262. The Morgan fingerprint density at radius 3 is 2.57 bits per heavy atom. The maximum Gasteiger partial charge on any atom is 0.323 e. The molecule has 4 nitrogen and oxygen atoms in total. The van der Waals surface area contributed by atoms with Gasteiger partial charge in [-0.15, -0.1) is 0 Å². The van der Waals surface area contributed by atoms with Gasteiger partial charge in [-0.05, 0) is 49.1 Å². The zero-order valence-electron chi connectivity index (χ0n) is 12.7. The molecule has 4 heteroatoms. The standard InChI is InChI=1S/C17H21N3O.2H2/c1-4-13-7-6-8-16(15(13)5-2)20-17(21)19-14-10-9-12(3)18-11-14;;/h6-11H,4-5H2,1-3H3,(H2,19,20,21);2*1H. The van der Waals surface area contributed by atoms with Gasteiger partial charge in [0.15, 0.2) is 0 Å². The lowest BCUT2D eigenvalue weighted by atomic mass is 10.0. The van der Waals surface area contributed by atoms with Crippen LogP contribution < -0.4 is 10.6 Å². The minimum atomic E-state index is -0.247. The highest BCUT2D eigenvalue weighted by Gasteiger charge is 2.09. The Kier molecular flexibility index (Phi) is 4.93. The van der Waals surface area contributed by atoms with Crippen LogP contribution in [0.15, 0.2) is 36.5 Å². The van der Waals surface area contributed by atoms with E-state index in [-0.39, 0.29) is 8.88 Å². The molecule has 0 unspecified atom stereocenters. The molecule has 1 aromatic heterocycles. The van der Waals surface area contributed by atoms with Crippen molar-refractivity contribution in [2.75, 3.05) is 10.6 Å². The summed E-state index contributed by atoms with van der Waals surface area (Å²) in [5.74, 6) is 0. The number of hydrogen-bond acceptors (Lipinski definition) is 2. The van der Waals surface area contributed by atoms with Crippen molar-refractivity contribution in [2.24, 2.45) is 0 Å². The number of urea groups is 1. The highest BCUT2D eigenvalue weighted by atomic mass is 16.2. The molecule has 2 amide bonds.